The Morgan fingerprint density at radius 2 is 2.04 bits per heavy atom. The number of fused-ring (bicyclic) bond motifs is 6. The minimum absolute atomic E-state index is 0.463. The second-order valence-corrected chi connectivity index (χ2v) is 6.86. The van der Waals surface area contributed by atoms with Crippen LogP contribution in [0.1, 0.15) is 48.5 Å². The van der Waals surface area contributed by atoms with Gasteiger partial charge in [0.05, 0.1) is 5.69 Å². The number of benzene rings is 1. The summed E-state index contributed by atoms with van der Waals surface area (Å²) in [6.45, 7) is 3.11. The molecule has 2 unspecified atom stereocenters. The number of nitrogens with zero attached hydrogens (tertiary/aromatic N) is 5. The van der Waals surface area contributed by atoms with Gasteiger partial charge in [-0.05, 0) is 18.4 Å². The van der Waals surface area contributed by atoms with E-state index < -0.39 is 0 Å². The average molecular weight is 319 g/mol. The molecule has 4 heterocycles. The third kappa shape index (κ3) is 2.08. The van der Waals surface area contributed by atoms with Gasteiger partial charge in [-0.25, -0.2) is 9.50 Å². The van der Waals surface area contributed by atoms with Gasteiger partial charge in [-0.2, -0.15) is 4.98 Å². The first-order valence-corrected chi connectivity index (χ1v) is 8.86. The van der Waals surface area contributed by atoms with Crippen LogP contribution in [0.4, 0.5) is 0 Å². The van der Waals surface area contributed by atoms with Crippen molar-refractivity contribution in [2.45, 2.75) is 51.2 Å². The highest BCUT2D eigenvalue weighted by Gasteiger charge is 2.41. The van der Waals surface area contributed by atoms with Crippen LogP contribution in [0.25, 0.3) is 5.78 Å². The van der Waals surface area contributed by atoms with Gasteiger partial charge < -0.3 is 0 Å². The highest BCUT2D eigenvalue weighted by Crippen LogP contribution is 2.44. The van der Waals surface area contributed by atoms with Crippen LogP contribution in [0.2, 0.25) is 0 Å². The van der Waals surface area contributed by atoms with Gasteiger partial charge in [-0.1, -0.05) is 37.3 Å². The lowest BCUT2D eigenvalue weighted by Gasteiger charge is -2.36. The van der Waals surface area contributed by atoms with Crippen LogP contribution >= 0.6 is 0 Å². The van der Waals surface area contributed by atoms with Crippen LogP contribution < -0.4 is 0 Å². The van der Waals surface area contributed by atoms with E-state index in [0.29, 0.717) is 12.1 Å². The van der Waals surface area contributed by atoms with Crippen LogP contribution in [0.3, 0.4) is 0 Å². The molecule has 5 rings (SSSR count). The summed E-state index contributed by atoms with van der Waals surface area (Å²) in [7, 11) is 0. The molecule has 0 spiro atoms. The lowest BCUT2D eigenvalue weighted by Crippen LogP contribution is -2.38. The van der Waals surface area contributed by atoms with E-state index in [1.165, 1.54) is 29.7 Å². The molecule has 5 heteroatoms. The zero-order valence-electron chi connectivity index (χ0n) is 13.9. The number of aromatic nitrogens is 4. The van der Waals surface area contributed by atoms with Crippen molar-refractivity contribution in [1.82, 2.24) is 24.5 Å². The van der Waals surface area contributed by atoms with Crippen molar-refractivity contribution in [3.8, 4) is 0 Å². The molecule has 1 fully saturated rings. The first kappa shape index (κ1) is 14.1. The first-order chi connectivity index (χ1) is 11.8. The van der Waals surface area contributed by atoms with Gasteiger partial charge in [-0.15, -0.1) is 5.10 Å². The lowest BCUT2D eigenvalue weighted by atomic mass is 9.98. The summed E-state index contributed by atoms with van der Waals surface area (Å²) in [6.07, 6.45) is 6.41. The summed E-state index contributed by atoms with van der Waals surface area (Å²) in [5.74, 6) is 1.64. The van der Waals surface area contributed by atoms with Crippen molar-refractivity contribution in [1.29, 1.82) is 0 Å². The summed E-state index contributed by atoms with van der Waals surface area (Å²) in [5, 5.41) is 4.67. The van der Waals surface area contributed by atoms with Crippen molar-refractivity contribution in [2.24, 2.45) is 0 Å². The van der Waals surface area contributed by atoms with Crippen molar-refractivity contribution in [3.63, 3.8) is 0 Å². The maximum absolute atomic E-state index is 4.67. The van der Waals surface area contributed by atoms with E-state index in [-0.39, 0.29) is 0 Å². The van der Waals surface area contributed by atoms with E-state index >= 15 is 0 Å². The zero-order valence-corrected chi connectivity index (χ0v) is 13.9. The predicted octanol–water partition coefficient (Wildman–Crippen LogP) is 2.95. The van der Waals surface area contributed by atoms with Crippen molar-refractivity contribution in [2.75, 3.05) is 0 Å². The van der Waals surface area contributed by atoms with Gasteiger partial charge in [0.2, 0.25) is 0 Å². The number of aryl methyl sites for hydroxylation is 1. The fourth-order valence-corrected chi connectivity index (χ4v) is 4.31. The van der Waals surface area contributed by atoms with Gasteiger partial charge in [0.15, 0.2) is 5.82 Å². The van der Waals surface area contributed by atoms with E-state index in [9.17, 15) is 0 Å². The van der Waals surface area contributed by atoms with Gasteiger partial charge in [0.25, 0.3) is 5.78 Å². The molecule has 0 amide bonds. The van der Waals surface area contributed by atoms with E-state index in [1.807, 2.05) is 10.7 Å². The molecule has 1 saturated heterocycles. The highest BCUT2D eigenvalue weighted by molar-refractivity contribution is 5.38. The summed E-state index contributed by atoms with van der Waals surface area (Å²) >= 11 is 0. The molecule has 2 atom stereocenters. The smallest absolute Gasteiger partial charge is 0.252 e. The zero-order chi connectivity index (χ0) is 16.1. The molecule has 0 N–H and O–H groups in total. The number of rotatable bonds is 3. The van der Waals surface area contributed by atoms with E-state index in [2.05, 4.69) is 57.2 Å². The summed E-state index contributed by atoms with van der Waals surface area (Å²) in [4.78, 5) is 11.8. The first-order valence-electron chi connectivity index (χ1n) is 8.86. The molecule has 3 aromatic rings. The van der Waals surface area contributed by atoms with Crippen molar-refractivity contribution >= 4 is 5.78 Å². The minimum Gasteiger partial charge on any atom is -0.289 e. The average Bonchev–Trinajstić information content (AvgIpc) is 3.16. The normalized spacial score (nSPS) is 22.9. The molecule has 0 radical (unpaired) electrons. The minimum atomic E-state index is 0.463. The van der Waals surface area contributed by atoms with Crippen LogP contribution in [0, 0.1) is 0 Å². The molecule has 1 aromatic carbocycles. The molecule has 5 nitrogen and oxygen atoms in total. The Bertz CT molecular complexity index is 885. The molecule has 2 aromatic heterocycles. The molecule has 122 valence electrons. The summed E-state index contributed by atoms with van der Waals surface area (Å²) in [6, 6.07) is 11.8. The van der Waals surface area contributed by atoms with Crippen LogP contribution in [0.5, 0.6) is 0 Å². The second-order valence-electron chi connectivity index (χ2n) is 6.86. The fraction of sp³-hybridized carbons (Fsp3) is 0.421. The Hall–Kier alpha value is -2.27. The van der Waals surface area contributed by atoms with E-state index in [4.69, 9.17) is 0 Å². The SMILES string of the molecule is CCc1nc2ncc3c(n2n1)CC1CCC3N1Cc1ccccc1. The molecule has 0 aliphatic carbocycles. The van der Waals surface area contributed by atoms with Gasteiger partial charge in [-0.3, -0.25) is 4.90 Å². The Morgan fingerprint density at radius 3 is 2.88 bits per heavy atom. The Morgan fingerprint density at radius 1 is 1.17 bits per heavy atom. The number of hydrogen-bond acceptors (Lipinski definition) is 4. The quantitative estimate of drug-likeness (QED) is 0.744. The molecule has 2 aliphatic heterocycles. The third-order valence-electron chi connectivity index (χ3n) is 5.50. The van der Waals surface area contributed by atoms with Crippen LogP contribution in [-0.2, 0) is 19.4 Å². The van der Waals surface area contributed by atoms with Crippen LogP contribution in [-0.4, -0.2) is 30.5 Å². The Balaban J connectivity index is 1.55. The molecule has 2 bridgehead atoms. The van der Waals surface area contributed by atoms with Crippen molar-refractivity contribution in [3.05, 3.63) is 59.2 Å². The molecular weight excluding hydrogens is 298 g/mol. The van der Waals surface area contributed by atoms with Gasteiger partial charge in [0.1, 0.15) is 0 Å². The summed E-state index contributed by atoms with van der Waals surface area (Å²) in [5.41, 5.74) is 4.06. The maximum atomic E-state index is 4.67. The van der Waals surface area contributed by atoms with Crippen LogP contribution in [0.15, 0.2) is 36.5 Å². The maximum Gasteiger partial charge on any atom is 0.252 e. The predicted molar refractivity (Wildman–Crippen MR) is 91.6 cm³/mol. The van der Waals surface area contributed by atoms with Gasteiger partial charge >= 0.3 is 0 Å². The third-order valence-corrected chi connectivity index (χ3v) is 5.50. The van der Waals surface area contributed by atoms with Crippen molar-refractivity contribution < 1.29 is 0 Å². The Kier molecular flexibility index (Phi) is 3.16. The molecule has 0 saturated carbocycles. The number of hydrogen-bond donors (Lipinski definition) is 0. The molecular formula is C19H21N5. The Labute approximate surface area is 141 Å². The summed E-state index contributed by atoms with van der Waals surface area (Å²) < 4.78 is 2.00. The van der Waals surface area contributed by atoms with Gasteiger partial charge in [0, 0.05) is 43.2 Å². The largest absolute Gasteiger partial charge is 0.289 e. The molecule has 2 aliphatic rings. The van der Waals surface area contributed by atoms with E-state index in [1.54, 1.807) is 0 Å². The second kappa shape index (κ2) is 5.38. The highest BCUT2D eigenvalue weighted by atomic mass is 15.3. The molecule has 24 heavy (non-hydrogen) atoms. The van der Waals surface area contributed by atoms with E-state index in [0.717, 1.165) is 31.0 Å². The standard InChI is InChI=1S/C19H21N5/c1-2-18-21-19-20-11-15-16-9-8-14(10-17(15)24(19)22-18)23(16)12-13-6-4-3-5-7-13/h3-7,11,14,16H,2,8-10,12H2,1H3. The fourth-order valence-electron chi connectivity index (χ4n) is 4.31. The monoisotopic (exact) mass is 319 g/mol. The lowest BCUT2D eigenvalue weighted by molar-refractivity contribution is 0.165. The topological polar surface area (TPSA) is 46.3 Å².